The first-order valence-electron chi connectivity index (χ1n) is 7.72. The maximum Gasteiger partial charge on any atom is 0.155 e. The second-order valence-electron chi connectivity index (χ2n) is 5.40. The van der Waals surface area contributed by atoms with Gasteiger partial charge in [0.25, 0.3) is 0 Å². The van der Waals surface area contributed by atoms with Crippen LogP contribution < -0.4 is 0 Å². The first kappa shape index (κ1) is 16.2. The number of hydrogen-bond acceptors (Lipinski definition) is 2. The second-order valence-corrected chi connectivity index (χ2v) is 5.40. The van der Waals surface area contributed by atoms with Gasteiger partial charge < -0.3 is 5.11 Å². The highest BCUT2D eigenvalue weighted by atomic mass is 16.3. The molecule has 2 nitrogen and oxygen atoms in total. The van der Waals surface area contributed by atoms with Crippen LogP contribution in [0.4, 0.5) is 0 Å². The van der Waals surface area contributed by atoms with Crippen LogP contribution in [0, 0.1) is 0 Å². The minimum absolute atomic E-state index is 0.0483. The molecule has 0 fully saturated rings. The summed E-state index contributed by atoms with van der Waals surface area (Å²) in [6.45, 7) is 2.06. The molecule has 0 atom stereocenters. The fourth-order valence-corrected chi connectivity index (χ4v) is 2.39. The molecule has 1 N–H and O–H groups in total. The summed E-state index contributed by atoms with van der Waals surface area (Å²) in [6.07, 6.45) is 5.50. The van der Waals surface area contributed by atoms with Gasteiger partial charge in [-0.25, -0.2) is 0 Å². The Morgan fingerprint density at radius 2 is 1.50 bits per heavy atom. The highest BCUT2D eigenvalue weighted by molar-refractivity contribution is 5.89. The van der Waals surface area contributed by atoms with Gasteiger partial charge in [-0.2, -0.15) is 0 Å². The maximum absolute atomic E-state index is 11.9. The third kappa shape index (κ3) is 3.92. The lowest BCUT2D eigenvalue weighted by atomic mass is 9.85. The molecule has 114 valence electrons. The van der Waals surface area contributed by atoms with E-state index >= 15 is 0 Å². The van der Waals surface area contributed by atoms with E-state index < -0.39 is 5.60 Å². The molecule has 0 aliphatic carbocycles. The fourth-order valence-electron chi connectivity index (χ4n) is 2.39. The Labute approximate surface area is 132 Å². The van der Waals surface area contributed by atoms with Gasteiger partial charge in [-0.15, -0.1) is 0 Å². The Balaban J connectivity index is 2.35. The van der Waals surface area contributed by atoms with Crippen molar-refractivity contribution in [2.45, 2.75) is 31.8 Å². The van der Waals surface area contributed by atoms with Crippen molar-refractivity contribution in [1.29, 1.82) is 0 Å². The van der Waals surface area contributed by atoms with Gasteiger partial charge in [-0.1, -0.05) is 74.0 Å². The summed E-state index contributed by atoms with van der Waals surface area (Å²) in [6, 6.07) is 18.8. The van der Waals surface area contributed by atoms with Crippen molar-refractivity contribution in [2.24, 2.45) is 0 Å². The SMILES string of the molecule is CCCCC(=O)C=CC(O)(c1ccccc1)c1ccccc1. The minimum Gasteiger partial charge on any atom is -0.377 e. The van der Waals surface area contributed by atoms with Crippen LogP contribution in [0.5, 0.6) is 0 Å². The number of rotatable bonds is 7. The van der Waals surface area contributed by atoms with Crippen molar-refractivity contribution < 1.29 is 9.90 Å². The van der Waals surface area contributed by atoms with E-state index in [-0.39, 0.29) is 5.78 Å². The third-order valence-corrected chi connectivity index (χ3v) is 3.71. The Bertz CT molecular complexity index is 575. The van der Waals surface area contributed by atoms with E-state index in [2.05, 4.69) is 6.92 Å². The molecule has 0 bridgehead atoms. The van der Waals surface area contributed by atoms with E-state index in [0.29, 0.717) is 6.42 Å². The number of benzene rings is 2. The molecule has 0 heterocycles. The van der Waals surface area contributed by atoms with Gasteiger partial charge in [0.05, 0.1) is 0 Å². The molecule has 2 rings (SSSR count). The van der Waals surface area contributed by atoms with Crippen LogP contribution in [0.25, 0.3) is 0 Å². The molecule has 22 heavy (non-hydrogen) atoms. The summed E-state index contributed by atoms with van der Waals surface area (Å²) in [5.41, 5.74) is 0.214. The van der Waals surface area contributed by atoms with E-state index in [1.807, 2.05) is 60.7 Å². The third-order valence-electron chi connectivity index (χ3n) is 3.71. The molecule has 0 spiro atoms. The molecule has 0 radical (unpaired) electrons. The molecule has 0 aliphatic rings. The number of aliphatic hydroxyl groups is 1. The number of carbonyl (C=O) groups is 1. The number of allylic oxidation sites excluding steroid dienone is 1. The van der Waals surface area contributed by atoms with Crippen molar-refractivity contribution in [2.75, 3.05) is 0 Å². The first-order chi connectivity index (χ1) is 10.7. The first-order valence-corrected chi connectivity index (χ1v) is 7.72. The van der Waals surface area contributed by atoms with Crippen LogP contribution >= 0.6 is 0 Å². The Morgan fingerprint density at radius 3 is 1.95 bits per heavy atom. The van der Waals surface area contributed by atoms with Gasteiger partial charge in [-0.3, -0.25) is 4.79 Å². The van der Waals surface area contributed by atoms with Crippen molar-refractivity contribution in [3.05, 3.63) is 83.9 Å². The Kier molecular flexibility index (Phi) is 5.68. The molecule has 2 aromatic carbocycles. The lowest BCUT2D eigenvalue weighted by molar-refractivity contribution is -0.114. The van der Waals surface area contributed by atoms with Crippen molar-refractivity contribution in [3.63, 3.8) is 0 Å². The van der Waals surface area contributed by atoms with Gasteiger partial charge in [-0.05, 0) is 29.7 Å². The number of hydrogen-bond donors (Lipinski definition) is 1. The Hall–Kier alpha value is -2.19. The topological polar surface area (TPSA) is 37.3 Å². The van der Waals surface area contributed by atoms with Crippen LogP contribution in [0.1, 0.15) is 37.3 Å². The van der Waals surface area contributed by atoms with E-state index in [1.54, 1.807) is 6.08 Å². The molecule has 0 amide bonds. The van der Waals surface area contributed by atoms with E-state index in [9.17, 15) is 9.90 Å². The van der Waals surface area contributed by atoms with Crippen molar-refractivity contribution in [1.82, 2.24) is 0 Å². The molecule has 0 saturated heterocycles. The lowest BCUT2D eigenvalue weighted by Gasteiger charge is -2.26. The molecule has 2 aromatic rings. The summed E-state index contributed by atoms with van der Waals surface area (Å²) in [5.74, 6) is 0.0483. The van der Waals surface area contributed by atoms with Crippen LogP contribution in [-0.2, 0) is 10.4 Å². The molecule has 2 heteroatoms. The minimum atomic E-state index is -1.29. The highest BCUT2D eigenvalue weighted by Gasteiger charge is 2.28. The van der Waals surface area contributed by atoms with Gasteiger partial charge in [0, 0.05) is 6.42 Å². The van der Waals surface area contributed by atoms with E-state index in [1.165, 1.54) is 6.08 Å². The summed E-state index contributed by atoms with van der Waals surface area (Å²) in [7, 11) is 0. The normalized spacial score (nSPS) is 11.7. The van der Waals surface area contributed by atoms with Gasteiger partial charge in [0.15, 0.2) is 5.78 Å². The van der Waals surface area contributed by atoms with E-state index in [4.69, 9.17) is 0 Å². The zero-order chi connectivity index (χ0) is 15.8. The fraction of sp³-hybridized carbons (Fsp3) is 0.250. The predicted octanol–water partition coefficient (Wildman–Crippen LogP) is 4.24. The van der Waals surface area contributed by atoms with Crippen LogP contribution in [0.2, 0.25) is 0 Å². The zero-order valence-electron chi connectivity index (χ0n) is 12.9. The molecular formula is C20H22O2. The van der Waals surface area contributed by atoms with Gasteiger partial charge >= 0.3 is 0 Å². The smallest absolute Gasteiger partial charge is 0.155 e. The van der Waals surface area contributed by atoms with Crippen LogP contribution in [-0.4, -0.2) is 10.9 Å². The van der Waals surface area contributed by atoms with E-state index in [0.717, 1.165) is 24.0 Å². The standard InChI is InChI=1S/C20H22O2/c1-2-3-14-19(21)15-16-20(22,17-10-6-4-7-11-17)18-12-8-5-9-13-18/h4-13,15-16,22H,2-3,14H2,1H3. The number of ketones is 1. The van der Waals surface area contributed by atoms with Crippen LogP contribution in [0.3, 0.4) is 0 Å². The predicted molar refractivity (Wildman–Crippen MR) is 89.6 cm³/mol. The summed E-state index contributed by atoms with van der Waals surface area (Å²) >= 11 is 0. The van der Waals surface area contributed by atoms with Crippen molar-refractivity contribution >= 4 is 5.78 Å². The largest absolute Gasteiger partial charge is 0.377 e. The van der Waals surface area contributed by atoms with Gasteiger partial charge in [0.2, 0.25) is 0 Å². The average molecular weight is 294 g/mol. The van der Waals surface area contributed by atoms with Crippen molar-refractivity contribution in [3.8, 4) is 0 Å². The highest BCUT2D eigenvalue weighted by Crippen LogP contribution is 2.31. The average Bonchev–Trinajstić information content (AvgIpc) is 2.59. The number of unbranched alkanes of at least 4 members (excludes halogenated alkanes) is 1. The molecule has 0 unspecified atom stereocenters. The summed E-state index contributed by atoms with van der Waals surface area (Å²) in [4.78, 5) is 11.9. The monoisotopic (exact) mass is 294 g/mol. The Morgan fingerprint density at radius 1 is 1.00 bits per heavy atom. The maximum atomic E-state index is 11.9. The summed E-state index contributed by atoms with van der Waals surface area (Å²) in [5, 5.41) is 11.2. The van der Waals surface area contributed by atoms with Crippen LogP contribution in [0.15, 0.2) is 72.8 Å². The summed E-state index contributed by atoms with van der Waals surface area (Å²) < 4.78 is 0. The number of carbonyl (C=O) groups excluding carboxylic acids is 1. The molecule has 0 aromatic heterocycles. The zero-order valence-corrected chi connectivity index (χ0v) is 12.9. The lowest BCUT2D eigenvalue weighted by Crippen LogP contribution is -2.24. The molecule has 0 aliphatic heterocycles. The molecular weight excluding hydrogens is 272 g/mol. The quantitative estimate of drug-likeness (QED) is 0.776. The second kappa shape index (κ2) is 7.71. The molecule has 0 saturated carbocycles. The van der Waals surface area contributed by atoms with Gasteiger partial charge in [0.1, 0.15) is 5.60 Å².